The third-order valence-electron chi connectivity index (χ3n) is 2.98. The van der Waals surface area contributed by atoms with Crippen molar-refractivity contribution in [1.29, 1.82) is 0 Å². The molecular formula is C14H15BrN2O2. The van der Waals surface area contributed by atoms with Gasteiger partial charge in [0, 0.05) is 23.0 Å². The Bertz CT molecular complexity index is 556. The Balaban J connectivity index is 2.01. The average Bonchev–Trinajstić information content (AvgIpc) is 2.75. The zero-order valence-electron chi connectivity index (χ0n) is 10.9. The van der Waals surface area contributed by atoms with E-state index in [0.29, 0.717) is 12.1 Å². The molecule has 0 bridgehead atoms. The predicted octanol–water partition coefficient (Wildman–Crippen LogP) is 3.12. The number of nitrogens with zero attached hydrogens (tertiary/aromatic N) is 1. The number of benzene rings is 1. The van der Waals surface area contributed by atoms with Crippen molar-refractivity contribution in [1.82, 2.24) is 10.5 Å². The zero-order valence-corrected chi connectivity index (χ0v) is 12.5. The Morgan fingerprint density at radius 2 is 2.00 bits per heavy atom. The molecule has 0 aliphatic heterocycles. The van der Waals surface area contributed by atoms with E-state index in [1.165, 1.54) is 0 Å². The second kappa shape index (κ2) is 6.02. The third kappa shape index (κ3) is 3.23. The van der Waals surface area contributed by atoms with E-state index in [2.05, 4.69) is 26.4 Å². The van der Waals surface area contributed by atoms with Crippen LogP contribution in [0.4, 0.5) is 0 Å². The molecular weight excluding hydrogens is 308 g/mol. The first-order chi connectivity index (χ1) is 9.11. The fourth-order valence-corrected chi connectivity index (χ4v) is 2.14. The number of nitrogens with one attached hydrogen (secondary N) is 1. The van der Waals surface area contributed by atoms with Gasteiger partial charge in [-0.3, -0.25) is 4.79 Å². The molecule has 1 N–H and O–H groups in total. The molecule has 5 heteroatoms. The minimum absolute atomic E-state index is 0.0962. The van der Waals surface area contributed by atoms with Crippen molar-refractivity contribution in [2.45, 2.75) is 25.7 Å². The fraction of sp³-hybridized carbons (Fsp3) is 0.286. The maximum Gasteiger partial charge on any atom is 0.251 e. The van der Waals surface area contributed by atoms with Gasteiger partial charge in [-0.25, -0.2) is 0 Å². The molecule has 1 heterocycles. The van der Waals surface area contributed by atoms with E-state index in [4.69, 9.17) is 4.52 Å². The lowest BCUT2D eigenvalue weighted by atomic mass is 10.1. The number of rotatable bonds is 4. The van der Waals surface area contributed by atoms with E-state index < -0.39 is 0 Å². The highest BCUT2D eigenvalue weighted by molar-refractivity contribution is 9.08. The van der Waals surface area contributed by atoms with Crippen LogP contribution < -0.4 is 5.32 Å². The Kier molecular flexibility index (Phi) is 4.37. The van der Waals surface area contributed by atoms with Crippen molar-refractivity contribution < 1.29 is 9.32 Å². The van der Waals surface area contributed by atoms with Gasteiger partial charge in [-0.2, -0.15) is 0 Å². The van der Waals surface area contributed by atoms with E-state index in [1.807, 2.05) is 38.1 Å². The fourth-order valence-electron chi connectivity index (χ4n) is 1.77. The molecule has 1 aromatic carbocycles. The van der Waals surface area contributed by atoms with Crippen LogP contribution in [0.1, 0.15) is 32.9 Å². The first-order valence-corrected chi connectivity index (χ1v) is 7.09. The zero-order chi connectivity index (χ0) is 13.8. The highest BCUT2D eigenvalue weighted by atomic mass is 79.9. The van der Waals surface area contributed by atoms with Gasteiger partial charge in [0.1, 0.15) is 5.76 Å². The second-order valence-corrected chi connectivity index (χ2v) is 4.88. The van der Waals surface area contributed by atoms with Gasteiger partial charge >= 0.3 is 0 Å². The molecule has 19 heavy (non-hydrogen) atoms. The van der Waals surface area contributed by atoms with E-state index in [0.717, 1.165) is 27.9 Å². The smallest absolute Gasteiger partial charge is 0.251 e. The van der Waals surface area contributed by atoms with Crippen LogP contribution in [-0.2, 0) is 11.9 Å². The Hall–Kier alpha value is -1.62. The van der Waals surface area contributed by atoms with Gasteiger partial charge in [-0.05, 0) is 31.5 Å². The lowest BCUT2D eigenvalue weighted by molar-refractivity contribution is 0.0951. The largest absolute Gasteiger partial charge is 0.361 e. The number of alkyl halides is 1. The number of aryl methyl sites for hydroxylation is 2. The quantitative estimate of drug-likeness (QED) is 0.880. The maximum absolute atomic E-state index is 12.0. The Morgan fingerprint density at radius 1 is 1.32 bits per heavy atom. The normalized spacial score (nSPS) is 10.5. The SMILES string of the molecule is Cc1noc(C)c1CNC(=O)c1ccc(CBr)cc1. The van der Waals surface area contributed by atoms with Crippen LogP contribution in [0.3, 0.4) is 0 Å². The molecule has 2 aromatic rings. The second-order valence-electron chi connectivity index (χ2n) is 4.32. The summed E-state index contributed by atoms with van der Waals surface area (Å²) < 4.78 is 5.06. The van der Waals surface area contributed by atoms with Gasteiger partial charge < -0.3 is 9.84 Å². The van der Waals surface area contributed by atoms with Gasteiger partial charge in [0.15, 0.2) is 0 Å². The summed E-state index contributed by atoms with van der Waals surface area (Å²) in [4.78, 5) is 12.0. The highest BCUT2D eigenvalue weighted by Crippen LogP contribution is 2.12. The molecule has 1 aromatic heterocycles. The molecule has 0 radical (unpaired) electrons. The Labute approximate surface area is 120 Å². The van der Waals surface area contributed by atoms with Crippen LogP contribution in [0.25, 0.3) is 0 Å². The first-order valence-electron chi connectivity index (χ1n) is 5.96. The molecule has 0 unspecified atom stereocenters. The monoisotopic (exact) mass is 322 g/mol. The van der Waals surface area contributed by atoms with Gasteiger partial charge in [-0.1, -0.05) is 33.2 Å². The predicted molar refractivity (Wildman–Crippen MR) is 76.2 cm³/mol. The van der Waals surface area contributed by atoms with Crippen LogP contribution in [0.2, 0.25) is 0 Å². The van der Waals surface area contributed by atoms with Crippen molar-refractivity contribution in [2.75, 3.05) is 0 Å². The van der Waals surface area contributed by atoms with E-state index >= 15 is 0 Å². The molecule has 0 atom stereocenters. The standard InChI is InChI=1S/C14H15BrN2O2/c1-9-13(10(2)19-17-9)8-16-14(18)12-5-3-11(7-15)4-6-12/h3-6H,7-8H2,1-2H3,(H,16,18). The molecule has 1 amide bonds. The molecule has 0 aliphatic carbocycles. The number of carbonyl (C=O) groups is 1. The van der Waals surface area contributed by atoms with Crippen molar-refractivity contribution in [2.24, 2.45) is 0 Å². The van der Waals surface area contributed by atoms with Crippen LogP contribution in [-0.4, -0.2) is 11.1 Å². The van der Waals surface area contributed by atoms with Crippen molar-refractivity contribution in [3.63, 3.8) is 0 Å². The summed E-state index contributed by atoms with van der Waals surface area (Å²) in [6, 6.07) is 7.50. The Morgan fingerprint density at radius 3 is 2.53 bits per heavy atom. The van der Waals surface area contributed by atoms with Crippen LogP contribution in [0, 0.1) is 13.8 Å². The van der Waals surface area contributed by atoms with E-state index in [9.17, 15) is 4.79 Å². The highest BCUT2D eigenvalue weighted by Gasteiger charge is 2.11. The summed E-state index contributed by atoms with van der Waals surface area (Å²) in [5.74, 6) is 0.647. The summed E-state index contributed by atoms with van der Waals surface area (Å²) in [5.41, 5.74) is 3.54. The van der Waals surface area contributed by atoms with Crippen LogP contribution >= 0.6 is 15.9 Å². The summed E-state index contributed by atoms with van der Waals surface area (Å²) in [7, 11) is 0. The molecule has 0 fully saturated rings. The van der Waals surface area contributed by atoms with Gasteiger partial charge in [0.25, 0.3) is 5.91 Å². The number of hydrogen-bond donors (Lipinski definition) is 1. The van der Waals surface area contributed by atoms with Gasteiger partial charge in [0.05, 0.1) is 5.69 Å². The van der Waals surface area contributed by atoms with Crippen molar-refractivity contribution in [3.05, 3.63) is 52.4 Å². The average molecular weight is 323 g/mol. The number of carbonyl (C=O) groups excluding carboxylic acids is 1. The first kappa shape index (κ1) is 13.8. The molecule has 0 saturated carbocycles. The lowest BCUT2D eigenvalue weighted by Gasteiger charge is -2.05. The number of amides is 1. The summed E-state index contributed by atoms with van der Waals surface area (Å²) in [6.07, 6.45) is 0. The van der Waals surface area contributed by atoms with Crippen molar-refractivity contribution in [3.8, 4) is 0 Å². The van der Waals surface area contributed by atoms with E-state index in [-0.39, 0.29) is 5.91 Å². The maximum atomic E-state index is 12.0. The minimum atomic E-state index is -0.0962. The summed E-state index contributed by atoms with van der Waals surface area (Å²) in [6.45, 7) is 4.13. The molecule has 4 nitrogen and oxygen atoms in total. The molecule has 2 rings (SSSR count). The number of hydrogen-bond acceptors (Lipinski definition) is 3. The number of halogens is 1. The third-order valence-corrected chi connectivity index (χ3v) is 3.62. The summed E-state index contributed by atoms with van der Waals surface area (Å²) >= 11 is 3.37. The van der Waals surface area contributed by atoms with E-state index in [1.54, 1.807) is 0 Å². The molecule has 0 saturated heterocycles. The number of aromatic nitrogens is 1. The van der Waals surface area contributed by atoms with Crippen molar-refractivity contribution >= 4 is 21.8 Å². The molecule has 100 valence electrons. The lowest BCUT2D eigenvalue weighted by Crippen LogP contribution is -2.23. The van der Waals surface area contributed by atoms with Gasteiger partial charge in [0.2, 0.25) is 0 Å². The van der Waals surface area contributed by atoms with Gasteiger partial charge in [-0.15, -0.1) is 0 Å². The molecule has 0 aliphatic rings. The minimum Gasteiger partial charge on any atom is -0.361 e. The summed E-state index contributed by atoms with van der Waals surface area (Å²) in [5, 5.41) is 7.51. The van der Waals surface area contributed by atoms with Crippen LogP contribution in [0.15, 0.2) is 28.8 Å². The van der Waals surface area contributed by atoms with Crippen LogP contribution in [0.5, 0.6) is 0 Å². The topological polar surface area (TPSA) is 55.1 Å². The molecule has 0 spiro atoms.